The van der Waals surface area contributed by atoms with E-state index >= 15 is 0 Å². The second-order valence-corrected chi connectivity index (χ2v) is 3.53. The summed E-state index contributed by atoms with van der Waals surface area (Å²) in [7, 11) is 1.38. The fourth-order valence-electron chi connectivity index (χ4n) is 1.14. The topological polar surface area (TPSA) is 73.6 Å². The van der Waals surface area contributed by atoms with Gasteiger partial charge in [-0.3, -0.25) is 10.2 Å². The van der Waals surface area contributed by atoms with Gasteiger partial charge in [0.2, 0.25) is 6.10 Å². The molecule has 1 rings (SSSR count). The Morgan fingerprint density at radius 3 is 2.94 bits per heavy atom. The largest absolute Gasteiger partial charge is 0.475 e. The fraction of sp³-hybridized carbons (Fsp3) is 0.300. The second-order valence-electron chi connectivity index (χ2n) is 3.12. The minimum Gasteiger partial charge on any atom is -0.475 e. The number of carbonyl (C=O) groups is 1. The van der Waals surface area contributed by atoms with Crippen LogP contribution in [0, 0.1) is 5.82 Å². The van der Waals surface area contributed by atoms with E-state index in [0.29, 0.717) is 0 Å². The number of rotatable bonds is 5. The number of methoxy groups -OCH3 is 1. The summed E-state index contributed by atoms with van der Waals surface area (Å²) in [5, 5.41) is -0.0909. The summed E-state index contributed by atoms with van der Waals surface area (Å²) in [4.78, 5) is 11.3. The first-order valence-electron chi connectivity index (χ1n) is 4.70. The summed E-state index contributed by atoms with van der Waals surface area (Å²) < 4.78 is 23.4. The van der Waals surface area contributed by atoms with Gasteiger partial charge in [0, 0.05) is 7.11 Å². The highest BCUT2D eigenvalue weighted by molar-refractivity contribution is 6.30. The maximum atomic E-state index is 13.5. The molecule has 0 saturated carbocycles. The van der Waals surface area contributed by atoms with Gasteiger partial charge in [0.05, 0.1) is 11.6 Å². The van der Waals surface area contributed by atoms with Crippen LogP contribution in [0.4, 0.5) is 4.39 Å². The molecule has 1 atom stereocenters. The molecule has 0 spiro atoms. The Hall–Kier alpha value is -1.37. The first kappa shape index (κ1) is 13.7. The van der Waals surface area contributed by atoms with E-state index in [1.807, 2.05) is 5.43 Å². The lowest BCUT2D eigenvalue weighted by molar-refractivity contribution is -0.130. The van der Waals surface area contributed by atoms with Crippen molar-refractivity contribution in [1.82, 2.24) is 5.43 Å². The van der Waals surface area contributed by atoms with Crippen molar-refractivity contribution >= 4 is 17.5 Å². The van der Waals surface area contributed by atoms with E-state index in [4.69, 9.17) is 26.9 Å². The van der Waals surface area contributed by atoms with Crippen molar-refractivity contribution in [2.45, 2.75) is 6.10 Å². The molecule has 94 valence electrons. The van der Waals surface area contributed by atoms with Crippen molar-refractivity contribution in [3.63, 3.8) is 0 Å². The Bertz CT molecular complexity index is 403. The van der Waals surface area contributed by atoms with Crippen LogP contribution in [0.2, 0.25) is 5.02 Å². The molecule has 0 aliphatic rings. The van der Waals surface area contributed by atoms with Crippen LogP contribution >= 0.6 is 11.6 Å². The van der Waals surface area contributed by atoms with Crippen molar-refractivity contribution in [2.75, 3.05) is 13.7 Å². The number of carbonyl (C=O) groups excluding carboxylic acids is 1. The zero-order valence-corrected chi connectivity index (χ0v) is 9.83. The first-order valence-corrected chi connectivity index (χ1v) is 5.08. The van der Waals surface area contributed by atoms with E-state index in [-0.39, 0.29) is 17.4 Å². The van der Waals surface area contributed by atoms with Gasteiger partial charge in [-0.1, -0.05) is 17.7 Å². The zero-order valence-electron chi connectivity index (χ0n) is 9.07. The van der Waals surface area contributed by atoms with E-state index < -0.39 is 17.8 Å². The molecule has 0 aliphatic carbocycles. The van der Waals surface area contributed by atoms with Crippen LogP contribution in [-0.4, -0.2) is 25.7 Å². The molecule has 0 radical (unpaired) electrons. The molecule has 0 bridgehead atoms. The Morgan fingerprint density at radius 1 is 1.65 bits per heavy atom. The molecule has 5 nitrogen and oxygen atoms in total. The number of amides is 1. The van der Waals surface area contributed by atoms with Gasteiger partial charge >= 0.3 is 0 Å². The number of nitrogens with two attached hydrogens (primary N) is 1. The Labute approximate surface area is 103 Å². The number of hydrogen-bond donors (Lipinski definition) is 2. The maximum Gasteiger partial charge on any atom is 0.277 e. The number of benzene rings is 1. The van der Waals surface area contributed by atoms with Crippen molar-refractivity contribution < 1.29 is 18.7 Å². The molecular formula is C10H12ClFN2O3. The molecule has 1 amide bonds. The van der Waals surface area contributed by atoms with E-state index in [0.717, 1.165) is 0 Å². The van der Waals surface area contributed by atoms with Crippen LogP contribution in [0.5, 0.6) is 5.75 Å². The minimum absolute atomic E-state index is 0.0605. The van der Waals surface area contributed by atoms with Crippen molar-refractivity contribution in [3.05, 3.63) is 29.0 Å². The maximum absolute atomic E-state index is 13.5. The lowest BCUT2D eigenvalue weighted by Crippen LogP contribution is -2.44. The number of nitrogens with one attached hydrogen (secondary N) is 1. The number of ether oxygens (including phenoxy) is 2. The van der Waals surface area contributed by atoms with Crippen LogP contribution in [0.25, 0.3) is 0 Å². The van der Waals surface area contributed by atoms with E-state index in [2.05, 4.69) is 0 Å². The highest BCUT2D eigenvalue weighted by atomic mass is 35.5. The summed E-state index contributed by atoms with van der Waals surface area (Å²) in [6, 6.07) is 4.23. The summed E-state index contributed by atoms with van der Waals surface area (Å²) in [5.41, 5.74) is 1.90. The second kappa shape index (κ2) is 6.39. The van der Waals surface area contributed by atoms with Crippen LogP contribution in [0.15, 0.2) is 18.2 Å². The highest BCUT2D eigenvalue weighted by Gasteiger charge is 2.21. The zero-order chi connectivity index (χ0) is 12.8. The van der Waals surface area contributed by atoms with Crippen molar-refractivity contribution in [2.24, 2.45) is 5.84 Å². The SMILES string of the molecule is COCC(Oc1cccc(Cl)c1F)C(=O)NN. The van der Waals surface area contributed by atoms with Crippen LogP contribution in [0.3, 0.4) is 0 Å². The quantitative estimate of drug-likeness (QED) is 0.469. The van der Waals surface area contributed by atoms with E-state index in [1.54, 1.807) is 0 Å². The predicted molar refractivity (Wildman–Crippen MR) is 60.0 cm³/mol. The molecular weight excluding hydrogens is 251 g/mol. The molecule has 1 aromatic rings. The lowest BCUT2D eigenvalue weighted by Gasteiger charge is -2.17. The normalized spacial score (nSPS) is 12.0. The molecule has 0 aliphatic heterocycles. The van der Waals surface area contributed by atoms with E-state index in [9.17, 15) is 9.18 Å². The smallest absolute Gasteiger partial charge is 0.277 e. The fourth-order valence-corrected chi connectivity index (χ4v) is 1.30. The standard InChI is InChI=1S/C10H12ClFN2O3/c1-16-5-8(10(15)14-13)17-7-4-2-3-6(11)9(7)12/h2-4,8H,5,13H2,1H3,(H,14,15). The van der Waals surface area contributed by atoms with Crippen LogP contribution < -0.4 is 16.0 Å². The van der Waals surface area contributed by atoms with Crippen LogP contribution in [-0.2, 0) is 9.53 Å². The average molecular weight is 263 g/mol. The van der Waals surface area contributed by atoms with Gasteiger partial charge in [-0.25, -0.2) is 10.2 Å². The van der Waals surface area contributed by atoms with Gasteiger partial charge in [-0.05, 0) is 12.1 Å². The monoisotopic (exact) mass is 262 g/mol. The van der Waals surface area contributed by atoms with Crippen molar-refractivity contribution in [1.29, 1.82) is 0 Å². The Morgan fingerprint density at radius 2 is 2.35 bits per heavy atom. The summed E-state index contributed by atoms with van der Waals surface area (Å²) in [6.07, 6.45) is -1.04. The average Bonchev–Trinajstić information content (AvgIpc) is 2.33. The molecule has 0 heterocycles. The third-order valence-electron chi connectivity index (χ3n) is 1.94. The molecule has 0 saturated heterocycles. The summed E-state index contributed by atoms with van der Waals surface area (Å²) in [5.74, 6) is 3.48. The summed E-state index contributed by atoms with van der Waals surface area (Å²) in [6.45, 7) is -0.0605. The highest BCUT2D eigenvalue weighted by Crippen LogP contribution is 2.24. The molecule has 1 aromatic carbocycles. The Balaban J connectivity index is 2.85. The van der Waals surface area contributed by atoms with E-state index in [1.165, 1.54) is 25.3 Å². The van der Waals surface area contributed by atoms with Gasteiger partial charge in [-0.2, -0.15) is 0 Å². The third kappa shape index (κ3) is 3.55. The number of halogens is 2. The minimum atomic E-state index is -1.04. The number of hydrazine groups is 1. The Kier molecular flexibility index (Phi) is 5.14. The predicted octanol–water partition coefficient (Wildman–Crippen LogP) is 0.863. The van der Waals surface area contributed by atoms with Gasteiger partial charge in [-0.15, -0.1) is 0 Å². The van der Waals surface area contributed by atoms with Gasteiger partial charge in [0.25, 0.3) is 5.91 Å². The third-order valence-corrected chi connectivity index (χ3v) is 2.23. The van der Waals surface area contributed by atoms with Gasteiger partial charge in [0.1, 0.15) is 0 Å². The molecule has 17 heavy (non-hydrogen) atoms. The van der Waals surface area contributed by atoms with Gasteiger partial charge in [0.15, 0.2) is 11.6 Å². The molecule has 7 heteroatoms. The van der Waals surface area contributed by atoms with Crippen LogP contribution in [0.1, 0.15) is 0 Å². The molecule has 0 aromatic heterocycles. The van der Waals surface area contributed by atoms with Crippen molar-refractivity contribution in [3.8, 4) is 5.75 Å². The molecule has 1 unspecified atom stereocenters. The lowest BCUT2D eigenvalue weighted by atomic mass is 10.3. The molecule has 3 N–H and O–H groups in total. The first-order chi connectivity index (χ1) is 8.10. The number of hydrogen-bond acceptors (Lipinski definition) is 4. The van der Waals surface area contributed by atoms with Gasteiger partial charge < -0.3 is 9.47 Å². The molecule has 0 fully saturated rings. The summed E-state index contributed by atoms with van der Waals surface area (Å²) >= 11 is 5.58.